The fraction of sp³-hybridized carbons (Fsp3) is 0.333. The summed E-state index contributed by atoms with van der Waals surface area (Å²) in [6.07, 6.45) is 0.0133. The van der Waals surface area contributed by atoms with Gasteiger partial charge in [0.2, 0.25) is 5.91 Å². The first-order valence-corrected chi connectivity index (χ1v) is 5.09. The largest absolute Gasteiger partial charge is 0.345 e. The molecule has 1 aromatic rings. The number of nitrogens with zero attached hydrogens (tertiary/aromatic N) is 2. The molecule has 3 nitrogen and oxygen atoms in total. The highest BCUT2D eigenvalue weighted by Crippen LogP contribution is 2.10. The van der Waals surface area contributed by atoms with Crippen LogP contribution in [0.1, 0.15) is 12.0 Å². The summed E-state index contributed by atoms with van der Waals surface area (Å²) in [5, 5.41) is 8.34. The van der Waals surface area contributed by atoms with Crippen molar-refractivity contribution in [1.29, 1.82) is 5.26 Å². The molecule has 0 aliphatic rings. The van der Waals surface area contributed by atoms with E-state index in [1.807, 2.05) is 0 Å². The van der Waals surface area contributed by atoms with Crippen molar-refractivity contribution in [1.82, 2.24) is 4.90 Å². The van der Waals surface area contributed by atoms with Gasteiger partial charge in [0, 0.05) is 13.6 Å². The standard InChI is InChI=1S/C12H12F2N2O/c1-16(12(17)4-6-15)7-5-9-8-10(13)2-3-11(9)14/h2-3,8H,4-5,7H2,1H3. The normalized spacial score (nSPS) is 9.76. The zero-order valence-corrected chi connectivity index (χ0v) is 9.41. The molecule has 5 heteroatoms. The predicted octanol–water partition coefficient (Wildman–Crippen LogP) is 1.88. The molecular weight excluding hydrogens is 226 g/mol. The Balaban J connectivity index is 2.59. The lowest BCUT2D eigenvalue weighted by Gasteiger charge is -2.15. The maximum Gasteiger partial charge on any atom is 0.236 e. The minimum absolute atomic E-state index is 0.206. The molecule has 0 aliphatic heterocycles. The van der Waals surface area contributed by atoms with Crippen LogP contribution in [0.5, 0.6) is 0 Å². The van der Waals surface area contributed by atoms with Crippen LogP contribution in [-0.4, -0.2) is 24.4 Å². The molecule has 0 bridgehead atoms. The smallest absolute Gasteiger partial charge is 0.236 e. The quantitative estimate of drug-likeness (QED) is 0.803. The Hall–Kier alpha value is -1.96. The minimum atomic E-state index is -0.507. The molecule has 0 spiro atoms. The third kappa shape index (κ3) is 3.83. The van der Waals surface area contributed by atoms with E-state index in [1.165, 1.54) is 11.9 Å². The van der Waals surface area contributed by atoms with Gasteiger partial charge in [-0.05, 0) is 30.2 Å². The van der Waals surface area contributed by atoms with E-state index in [9.17, 15) is 13.6 Å². The van der Waals surface area contributed by atoms with Gasteiger partial charge >= 0.3 is 0 Å². The summed E-state index contributed by atoms with van der Waals surface area (Å²) < 4.78 is 26.1. The van der Waals surface area contributed by atoms with Crippen molar-refractivity contribution in [2.24, 2.45) is 0 Å². The summed E-state index contributed by atoms with van der Waals surface area (Å²) >= 11 is 0. The second-order valence-electron chi connectivity index (χ2n) is 3.64. The third-order valence-electron chi connectivity index (χ3n) is 2.38. The minimum Gasteiger partial charge on any atom is -0.345 e. The molecule has 1 rings (SSSR count). The van der Waals surface area contributed by atoms with Crippen molar-refractivity contribution in [3.8, 4) is 6.07 Å². The molecule has 0 N–H and O–H groups in total. The molecular formula is C12H12F2N2O. The van der Waals surface area contributed by atoms with E-state index in [0.717, 1.165) is 18.2 Å². The van der Waals surface area contributed by atoms with Crippen molar-refractivity contribution in [2.45, 2.75) is 12.8 Å². The molecule has 0 aliphatic carbocycles. The van der Waals surface area contributed by atoms with Gasteiger partial charge in [-0.3, -0.25) is 4.79 Å². The Bertz CT molecular complexity index is 454. The van der Waals surface area contributed by atoms with Gasteiger partial charge in [0.25, 0.3) is 0 Å². The zero-order chi connectivity index (χ0) is 12.8. The number of rotatable bonds is 4. The third-order valence-corrected chi connectivity index (χ3v) is 2.38. The second-order valence-corrected chi connectivity index (χ2v) is 3.64. The number of carbonyl (C=O) groups excluding carboxylic acids is 1. The summed E-state index contributed by atoms with van der Waals surface area (Å²) in [5.41, 5.74) is 0.224. The van der Waals surface area contributed by atoms with Crippen LogP contribution in [0.4, 0.5) is 8.78 Å². The van der Waals surface area contributed by atoms with Gasteiger partial charge in [0.1, 0.15) is 18.1 Å². The van der Waals surface area contributed by atoms with Crippen molar-refractivity contribution < 1.29 is 13.6 Å². The molecule has 0 fully saturated rings. The van der Waals surface area contributed by atoms with Crippen LogP contribution >= 0.6 is 0 Å². The summed E-state index contributed by atoms with van der Waals surface area (Å²) in [4.78, 5) is 12.6. The number of hydrogen-bond acceptors (Lipinski definition) is 2. The lowest BCUT2D eigenvalue weighted by molar-refractivity contribution is -0.128. The number of nitriles is 1. The second kappa shape index (κ2) is 5.94. The van der Waals surface area contributed by atoms with E-state index in [1.54, 1.807) is 6.07 Å². The van der Waals surface area contributed by atoms with E-state index < -0.39 is 11.6 Å². The lowest BCUT2D eigenvalue weighted by atomic mass is 10.1. The monoisotopic (exact) mass is 238 g/mol. The van der Waals surface area contributed by atoms with Gasteiger partial charge in [-0.15, -0.1) is 0 Å². The number of benzene rings is 1. The van der Waals surface area contributed by atoms with Crippen molar-refractivity contribution in [2.75, 3.05) is 13.6 Å². The zero-order valence-electron chi connectivity index (χ0n) is 9.41. The van der Waals surface area contributed by atoms with Crippen molar-refractivity contribution in [3.63, 3.8) is 0 Å². The molecule has 0 saturated carbocycles. The van der Waals surface area contributed by atoms with Gasteiger partial charge in [-0.1, -0.05) is 0 Å². The molecule has 0 aromatic heterocycles. The topological polar surface area (TPSA) is 44.1 Å². The highest BCUT2D eigenvalue weighted by molar-refractivity contribution is 5.77. The van der Waals surface area contributed by atoms with Crippen LogP contribution in [0.3, 0.4) is 0 Å². The van der Waals surface area contributed by atoms with Gasteiger partial charge in [-0.25, -0.2) is 8.78 Å². The summed E-state index contributed by atoms with van der Waals surface area (Å²) in [6.45, 7) is 0.251. The number of amides is 1. The molecule has 0 radical (unpaired) electrons. The average Bonchev–Trinajstić information content (AvgIpc) is 2.30. The van der Waals surface area contributed by atoms with Crippen LogP contribution in [-0.2, 0) is 11.2 Å². The lowest BCUT2D eigenvalue weighted by Crippen LogP contribution is -2.28. The van der Waals surface area contributed by atoms with Crippen molar-refractivity contribution >= 4 is 5.91 Å². The van der Waals surface area contributed by atoms with Crippen molar-refractivity contribution in [3.05, 3.63) is 35.4 Å². The van der Waals surface area contributed by atoms with Gasteiger partial charge < -0.3 is 4.90 Å². The van der Waals surface area contributed by atoms with Gasteiger partial charge in [0.05, 0.1) is 6.07 Å². The van der Waals surface area contributed by atoms with Crippen LogP contribution in [0.15, 0.2) is 18.2 Å². The first-order chi connectivity index (χ1) is 8.04. The van der Waals surface area contributed by atoms with Gasteiger partial charge in [0.15, 0.2) is 0 Å². The van der Waals surface area contributed by atoms with E-state index in [2.05, 4.69) is 0 Å². The van der Waals surface area contributed by atoms with E-state index in [-0.39, 0.29) is 30.9 Å². The maximum absolute atomic E-state index is 13.2. The van der Waals surface area contributed by atoms with Crippen LogP contribution < -0.4 is 0 Å². The van der Waals surface area contributed by atoms with Crippen LogP contribution in [0.25, 0.3) is 0 Å². The van der Waals surface area contributed by atoms with E-state index in [4.69, 9.17) is 5.26 Å². The number of halogens is 2. The Morgan fingerprint density at radius 1 is 1.47 bits per heavy atom. The maximum atomic E-state index is 13.2. The Labute approximate surface area is 98.3 Å². The average molecular weight is 238 g/mol. The van der Waals surface area contributed by atoms with E-state index >= 15 is 0 Å². The number of hydrogen-bond donors (Lipinski definition) is 0. The first-order valence-electron chi connectivity index (χ1n) is 5.09. The number of likely N-dealkylation sites (N-methyl/N-ethyl adjacent to an activating group) is 1. The number of carbonyl (C=O) groups is 1. The van der Waals surface area contributed by atoms with E-state index in [0.29, 0.717) is 0 Å². The first kappa shape index (κ1) is 13.1. The highest BCUT2D eigenvalue weighted by atomic mass is 19.1. The Morgan fingerprint density at radius 2 is 2.18 bits per heavy atom. The fourth-order valence-electron chi connectivity index (χ4n) is 1.35. The highest BCUT2D eigenvalue weighted by Gasteiger charge is 2.10. The Kier molecular flexibility index (Phi) is 4.58. The molecule has 90 valence electrons. The molecule has 0 heterocycles. The molecule has 1 aromatic carbocycles. The van der Waals surface area contributed by atoms with Crippen LogP contribution in [0.2, 0.25) is 0 Å². The fourth-order valence-corrected chi connectivity index (χ4v) is 1.35. The molecule has 17 heavy (non-hydrogen) atoms. The summed E-state index contributed by atoms with van der Waals surface area (Å²) in [6, 6.07) is 4.95. The molecule has 0 saturated heterocycles. The Morgan fingerprint density at radius 3 is 2.82 bits per heavy atom. The predicted molar refractivity (Wildman–Crippen MR) is 57.9 cm³/mol. The SMILES string of the molecule is CN(CCc1cc(F)ccc1F)C(=O)CC#N. The molecule has 0 atom stereocenters. The summed E-state index contributed by atoms with van der Waals surface area (Å²) in [5.74, 6) is -1.33. The molecule has 0 unspecified atom stereocenters. The van der Waals surface area contributed by atoms with Gasteiger partial charge in [-0.2, -0.15) is 5.26 Å². The van der Waals surface area contributed by atoms with Crippen LogP contribution in [0, 0.1) is 23.0 Å². The summed E-state index contributed by atoms with van der Waals surface area (Å²) in [7, 11) is 1.52. The molecule has 1 amide bonds.